The average molecular weight is 304 g/mol. The molecule has 0 saturated heterocycles. The van der Waals surface area contributed by atoms with Crippen molar-refractivity contribution in [2.24, 2.45) is 0 Å². The largest absolute Gasteiger partial charge is 0.349 e. The van der Waals surface area contributed by atoms with Gasteiger partial charge in [-0.15, -0.1) is 0 Å². The third-order valence-electron chi connectivity index (χ3n) is 3.22. The number of hydrogen-bond donors (Lipinski definition) is 2. The minimum atomic E-state index is -0.403. The molecule has 2 rings (SSSR count). The molecule has 0 aliphatic carbocycles. The maximum Gasteiger partial charge on any atom is 0.271 e. The molecule has 2 aromatic rings. The van der Waals surface area contributed by atoms with E-state index in [1.165, 1.54) is 24.3 Å². The van der Waals surface area contributed by atoms with Gasteiger partial charge >= 0.3 is 0 Å². The Morgan fingerprint density at radius 3 is 2.73 bits per heavy atom. The third kappa shape index (κ3) is 3.98. The highest BCUT2D eigenvalue weighted by molar-refractivity contribution is 5.91. The van der Waals surface area contributed by atoms with E-state index in [1.807, 2.05) is 19.0 Å². The fourth-order valence-corrected chi connectivity index (χ4v) is 2.06. The molecule has 0 aliphatic rings. The molecule has 0 spiro atoms. The van der Waals surface area contributed by atoms with Gasteiger partial charge in [0.15, 0.2) is 0 Å². The molecule has 0 unspecified atom stereocenters. The molecule has 1 amide bonds. The molecule has 2 N–H and O–H groups in total. The van der Waals surface area contributed by atoms with Gasteiger partial charge in [-0.2, -0.15) is 5.10 Å². The minimum Gasteiger partial charge on any atom is -0.349 e. The summed E-state index contributed by atoms with van der Waals surface area (Å²) in [4.78, 5) is 24.8. The van der Waals surface area contributed by atoms with Crippen LogP contribution in [0.3, 0.4) is 0 Å². The van der Waals surface area contributed by atoms with E-state index in [4.69, 9.17) is 0 Å². The number of amides is 1. The number of hydrogen-bond acceptors (Lipinski definition) is 4. The number of nitrogens with zero attached hydrogens (tertiary/aromatic N) is 2. The highest BCUT2D eigenvalue weighted by atomic mass is 19.1. The van der Waals surface area contributed by atoms with E-state index < -0.39 is 5.91 Å². The van der Waals surface area contributed by atoms with Gasteiger partial charge in [-0.25, -0.2) is 9.49 Å². The maximum absolute atomic E-state index is 13.3. The number of aromatic amines is 1. The van der Waals surface area contributed by atoms with Gasteiger partial charge in [-0.1, -0.05) is 12.1 Å². The van der Waals surface area contributed by atoms with Crippen molar-refractivity contribution >= 4 is 5.91 Å². The van der Waals surface area contributed by atoms with Gasteiger partial charge in [0.1, 0.15) is 11.5 Å². The third-order valence-corrected chi connectivity index (χ3v) is 3.22. The van der Waals surface area contributed by atoms with E-state index in [2.05, 4.69) is 15.5 Å². The van der Waals surface area contributed by atoms with E-state index in [0.717, 1.165) is 5.56 Å². The Morgan fingerprint density at radius 1 is 1.36 bits per heavy atom. The molecule has 0 aliphatic heterocycles. The Labute approximate surface area is 127 Å². The van der Waals surface area contributed by atoms with Crippen LogP contribution in [0.1, 0.15) is 22.1 Å². The Kier molecular flexibility index (Phi) is 5.00. The number of likely N-dealkylation sites (N-methyl/N-ethyl adjacent to an activating group) is 1. The number of nitrogens with one attached hydrogen (secondary N) is 2. The molecule has 1 heterocycles. The van der Waals surface area contributed by atoms with E-state index in [0.29, 0.717) is 0 Å². The van der Waals surface area contributed by atoms with Crippen molar-refractivity contribution in [1.82, 2.24) is 20.4 Å². The molecular weight excluding hydrogens is 287 g/mol. The minimum absolute atomic E-state index is 0.122. The van der Waals surface area contributed by atoms with Crippen molar-refractivity contribution in [3.05, 3.63) is 63.8 Å². The van der Waals surface area contributed by atoms with E-state index in [9.17, 15) is 14.0 Å². The van der Waals surface area contributed by atoms with Crippen molar-refractivity contribution in [3.63, 3.8) is 0 Å². The summed E-state index contributed by atoms with van der Waals surface area (Å²) < 4.78 is 13.3. The summed E-state index contributed by atoms with van der Waals surface area (Å²) >= 11 is 0. The topological polar surface area (TPSA) is 78.1 Å². The normalized spacial score (nSPS) is 12.2. The van der Waals surface area contributed by atoms with Gasteiger partial charge in [0, 0.05) is 12.6 Å². The first-order valence-corrected chi connectivity index (χ1v) is 6.73. The van der Waals surface area contributed by atoms with Gasteiger partial charge in [0.2, 0.25) is 0 Å². The van der Waals surface area contributed by atoms with Crippen molar-refractivity contribution in [2.75, 3.05) is 20.6 Å². The van der Waals surface area contributed by atoms with Crippen LogP contribution in [0.2, 0.25) is 0 Å². The predicted molar refractivity (Wildman–Crippen MR) is 80.0 cm³/mol. The van der Waals surface area contributed by atoms with E-state index in [1.54, 1.807) is 12.1 Å². The zero-order valence-electron chi connectivity index (χ0n) is 12.3. The lowest BCUT2D eigenvalue weighted by atomic mass is 10.1. The van der Waals surface area contributed by atoms with E-state index in [-0.39, 0.29) is 29.7 Å². The summed E-state index contributed by atoms with van der Waals surface area (Å²) in [6, 6.07) is 8.65. The molecule has 0 fully saturated rings. The van der Waals surface area contributed by atoms with Gasteiger partial charge in [-0.3, -0.25) is 9.59 Å². The fourth-order valence-electron chi connectivity index (χ4n) is 2.06. The molecule has 6 nitrogen and oxygen atoms in total. The second-order valence-electron chi connectivity index (χ2n) is 5.05. The highest BCUT2D eigenvalue weighted by Gasteiger charge is 2.17. The average Bonchev–Trinajstić information content (AvgIpc) is 2.47. The summed E-state index contributed by atoms with van der Waals surface area (Å²) in [5, 5.41) is 8.60. The lowest BCUT2D eigenvalue weighted by Gasteiger charge is -2.25. The summed E-state index contributed by atoms with van der Waals surface area (Å²) in [7, 11) is 3.69. The van der Waals surface area contributed by atoms with Gasteiger partial charge in [0.05, 0.1) is 6.04 Å². The Morgan fingerprint density at radius 2 is 2.14 bits per heavy atom. The molecule has 1 atom stereocenters. The molecule has 0 radical (unpaired) electrons. The van der Waals surface area contributed by atoms with Crippen molar-refractivity contribution < 1.29 is 9.18 Å². The first-order valence-electron chi connectivity index (χ1n) is 6.73. The van der Waals surface area contributed by atoms with Crippen LogP contribution >= 0.6 is 0 Å². The van der Waals surface area contributed by atoms with Crippen LogP contribution in [0.5, 0.6) is 0 Å². The fraction of sp³-hybridized carbons (Fsp3) is 0.267. The predicted octanol–water partition coefficient (Wildman–Crippen LogP) is 0.942. The van der Waals surface area contributed by atoms with Gasteiger partial charge in [0.25, 0.3) is 11.5 Å². The van der Waals surface area contributed by atoms with Crippen LogP contribution in [0.4, 0.5) is 4.39 Å². The number of aromatic nitrogens is 2. The van der Waals surface area contributed by atoms with Crippen LogP contribution in [0.25, 0.3) is 0 Å². The summed E-state index contributed by atoms with van der Waals surface area (Å²) in [5.41, 5.74) is 0.513. The van der Waals surface area contributed by atoms with Crippen molar-refractivity contribution in [1.29, 1.82) is 0 Å². The molecule has 22 heavy (non-hydrogen) atoms. The van der Waals surface area contributed by atoms with Crippen molar-refractivity contribution in [2.45, 2.75) is 6.04 Å². The zero-order valence-corrected chi connectivity index (χ0v) is 12.3. The molecule has 0 saturated carbocycles. The number of halogens is 1. The molecule has 116 valence electrons. The van der Waals surface area contributed by atoms with Crippen LogP contribution < -0.4 is 10.9 Å². The van der Waals surface area contributed by atoms with Crippen LogP contribution in [-0.2, 0) is 0 Å². The number of carbonyl (C=O) groups is 1. The number of benzene rings is 1. The smallest absolute Gasteiger partial charge is 0.271 e. The molecule has 0 bridgehead atoms. The maximum atomic E-state index is 13.3. The Bertz CT molecular complexity index is 694. The Balaban J connectivity index is 2.07. The SMILES string of the molecule is CN(C)[C@H](CNC(=O)c1ccc(=O)[nH]n1)c1cccc(F)c1. The monoisotopic (exact) mass is 304 g/mol. The molecule has 7 heteroatoms. The molecule has 1 aromatic heterocycles. The van der Waals surface area contributed by atoms with Crippen LogP contribution in [0, 0.1) is 5.82 Å². The van der Waals surface area contributed by atoms with Gasteiger partial charge < -0.3 is 10.2 Å². The quantitative estimate of drug-likeness (QED) is 0.862. The summed E-state index contributed by atoms with van der Waals surface area (Å²) in [5.74, 6) is -0.725. The number of rotatable bonds is 5. The second-order valence-corrected chi connectivity index (χ2v) is 5.05. The lowest BCUT2D eigenvalue weighted by molar-refractivity contribution is 0.0936. The van der Waals surface area contributed by atoms with Crippen molar-refractivity contribution in [3.8, 4) is 0 Å². The highest BCUT2D eigenvalue weighted by Crippen LogP contribution is 2.18. The first kappa shape index (κ1) is 15.8. The lowest BCUT2D eigenvalue weighted by Crippen LogP contribution is -2.35. The Hall–Kier alpha value is -2.54. The zero-order chi connectivity index (χ0) is 16.1. The van der Waals surface area contributed by atoms with Gasteiger partial charge in [-0.05, 0) is 37.9 Å². The number of H-pyrrole nitrogens is 1. The van der Waals surface area contributed by atoms with Crippen LogP contribution in [0.15, 0.2) is 41.2 Å². The van der Waals surface area contributed by atoms with Crippen LogP contribution in [-0.4, -0.2) is 41.6 Å². The second kappa shape index (κ2) is 6.95. The summed E-state index contributed by atoms with van der Waals surface area (Å²) in [6.45, 7) is 0.288. The number of carbonyl (C=O) groups excluding carboxylic acids is 1. The first-order chi connectivity index (χ1) is 10.5. The molecule has 1 aromatic carbocycles. The standard InChI is InChI=1S/C15H17FN4O2/c1-20(2)13(10-4-3-5-11(16)8-10)9-17-15(22)12-6-7-14(21)19-18-12/h3-8,13H,9H2,1-2H3,(H,17,22)(H,19,21)/t13-/m1/s1. The summed E-state index contributed by atoms with van der Waals surface area (Å²) in [6.07, 6.45) is 0. The van der Waals surface area contributed by atoms with E-state index >= 15 is 0 Å². The molecular formula is C15H17FN4O2.